The molecule has 0 aliphatic carbocycles. The van der Waals surface area contributed by atoms with Crippen LogP contribution in [0.4, 0.5) is 0 Å². The second-order valence-corrected chi connectivity index (χ2v) is 6.98. The van der Waals surface area contributed by atoms with Crippen LogP contribution in [0.25, 0.3) is 0 Å². The van der Waals surface area contributed by atoms with Crippen LogP contribution in [0.2, 0.25) is 5.02 Å². The molecule has 0 aliphatic rings. The van der Waals surface area contributed by atoms with Gasteiger partial charge in [-0.25, -0.2) is 0 Å². The van der Waals surface area contributed by atoms with E-state index in [4.69, 9.17) is 16.1 Å². The van der Waals surface area contributed by atoms with E-state index in [0.717, 1.165) is 21.9 Å². The average Bonchev–Trinajstić information content (AvgIpc) is 3.03. The number of benzene rings is 2. The Morgan fingerprint density at radius 1 is 1.20 bits per heavy atom. The summed E-state index contributed by atoms with van der Waals surface area (Å²) in [4.78, 5) is 13.5. The van der Waals surface area contributed by atoms with Crippen LogP contribution in [0.3, 0.4) is 0 Å². The highest BCUT2D eigenvalue weighted by Gasteiger charge is 2.12. The molecule has 4 nitrogen and oxygen atoms in total. The molecule has 6 heteroatoms. The molecule has 128 valence electrons. The summed E-state index contributed by atoms with van der Waals surface area (Å²) in [6, 6.07) is 16.9. The van der Waals surface area contributed by atoms with Gasteiger partial charge in [0.25, 0.3) is 5.91 Å². The highest BCUT2D eigenvalue weighted by Crippen LogP contribution is 2.26. The van der Waals surface area contributed by atoms with E-state index in [-0.39, 0.29) is 5.91 Å². The number of carbonyl (C=O) groups is 1. The van der Waals surface area contributed by atoms with Gasteiger partial charge in [0.15, 0.2) is 0 Å². The lowest BCUT2D eigenvalue weighted by Gasteiger charge is -2.09. The van der Waals surface area contributed by atoms with E-state index in [1.807, 2.05) is 61.5 Å². The largest absolute Gasteiger partial charge is 0.361 e. The van der Waals surface area contributed by atoms with Crippen LogP contribution in [0.1, 0.15) is 27.4 Å². The molecule has 2 aromatic carbocycles. The predicted octanol–water partition coefficient (Wildman–Crippen LogP) is 4.86. The van der Waals surface area contributed by atoms with Crippen LogP contribution < -0.4 is 5.32 Å². The lowest BCUT2D eigenvalue weighted by Crippen LogP contribution is -2.23. The van der Waals surface area contributed by atoms with Gasteiger partial charge in [-0.05, 0) is 36.8 Å². The second-order valence-electron chi connectivity index (χ2n) is 5.53. The first-order valence-electron chi connectivity index (χ1n) is 7.78. The number of nitrogens with zero attached hydrogens (tertiary/aromatic N) is 1. The SMILES string of the molecule is Cc1cc(CSc2ccccc2C(=O)NCc2cccc(Cl)c2)no1. The van der Waals surface area contributed by atoms with Gasteiger partial charge in [-0.2, -0.15) is 0 Å². The molecule has 1 N–H and O–H groups in total. The monoisotopic (exact) mass is 372 g/mol. The smallest absolute Gasteiger partial charge is 0.252 e. The molecule has 1 heterocycles. The third-order valence-corrected chi connectivity index (χ3v) is 4.87. The van der Waals surface area contributed by atoms with Crippen LogP contribution in [-0.2, 0) is 12.3 Å². The molecule has 3 aromatic rings. The molecule has 0 unspecified atom stereocenters. The van der Waals surface area contributed by atoms with Crippen LogP contribution in [0.15, 0.2) is 64.0 Å². The van der Waals surface area contributed by atoms with Gasteiger partial charge in [-0.15, -0.1) is 11.8 Å². The number of thioether (sulfide) groups is 1. The summed E-state index contributed by atoms with van der Waals surface area (Å²) in [5.41, 5.74) is 2.47. The molecule has 0 atom stereocenters. The number of amides is 1. The van der Waals surface area contributed by atoms with Gasteiger partial charge in [0.05, 0.1) is 11.3 Å². The van der Waals surface area contributed by atoms with Gasteiger partial charge in [0.1, 0.15) is 5.76 Å². The van der Waals surface area contributed by atoms with E-state index in [0.29, 0.717) is 22.9 Å². The van der Waals surface area contributed by atoms with Crippen molar-refractivity contribution >= 4 is 29.3 Å². The lowest BCUT2D eigenvalue weighted by atomic mass is 10.2. The number of hydrogen-bond donors (Lipinski definition) is 1. The lowest BCUT2D eigenvalue weighted by molar-refractivity contribution is 0.0948. The zero-order valence-electron chi connectivity index (χ0n) is 13.7. The van der Waals surface area contributed by atoms with Crippen molar-refractivity contribution in [1.82, 2.24) is 10.5 Å². The Morgan fingerprint density at radius 2 is 2.04 bits per heavy atom. The summed E-state index contributed by atoms with van der Waals surface area (Å²) in [6.07, 6.45) is 0. The zero-order valence-corrected chi connectivity index (χ0v) is 15.2. The molecular weight excluding hydrogens is 356 g/mol. The minimum Gasteiger partial charge on any atom is -0.361 e. The van der Waals surface area contributed by atoms with Crippen LogP contribution in [-0.4, -0.2) is 11.1 Å². The summed E-state index contributed by atoms with van der Waals surface area (Å²) in [6.45, 7) is 2.29. The predicted molar refractivity (Wildman–Crippen MR) is 99.9 cm³/mol. The van der Waals surface area contributed by atoms with E-state index >= 15 is 0 Å². The normalized spacial score (nSPS) is 10.6. The van der Waals surface area contributed by atoms with Gasteiger partial charge >= 0.3 is 0 Å². The van der Waals surface area contributed by atoms with Crippen molar-refractivity contribution in [2.24, 2.45) is 0 Å². The average molecular weight is 373 g/mol. The molecule has 0 saturated carbocycles. The first-order valence-corrected chi connectivity index (χ1v) is 9.15. The minimum absolute atomic E-state index is 0.112. The summed E-state index contributed by atoms with van der Waals surface area (Å²) >= 11 is 7.54. The Balaban J connectivity index is 1.65. The van der Waals surface area contributed by atoms with Crippen molar-refractivity contribution in [2.75, 3.05) is 0 Å². The van der Waals surface area contributed by atoms with Crippen molar-refractivity contribution in [1.29, 1.82) is 0 Å². The number of aromatic nitrogens is 1. The molecule has 0 fully saturated rings. The molecule has 0 saturated heterocycles. The molecule has 0 aliphatic heterocycles. The number of halogens is 1. The fraction of sp³-hybridized carbons (Fsp3) is 0.158. The number of nitrogens with one attached hydrogen (secondary N) is 1. The maximum Gasteiger partial charge on any atom is 0.252 e. The van der Waals surface area contributed by atoms with Crippen molar-refractivity contribution in [3.8, 4) is 0 Å². The quantitative estimate of drug-likeness (QED) is 0.628. The number of hydrogen-bond acceptors (Lipinski definition) is 4. The third kappa shape index (κ3) is 4.87. The van der Waals surface area contributed by atoms with E-state index in [9.17, 15) is 4.79 Å². The second kappa shape index (κ2) is 8.23. The Bertz CT molecular complexity index is 879. The van der Waals surface area contributed by atoms with E-state index in [1.54, 1.807) is 11.8 Å². The maximum atomic E-state index is 12.5. The molecule has 1 amide bonds. The summed E-state index contributed by atoms with van der Waals surface area (Å²) in [5.74, 6) is 1.32. The first-order chi connectivity index (χ1) is 12.1. The Morgan fingerprint density at radius 3 is 2.80 bits per heavy atom. The Kier molecular flexibility index (Phi) is 5.79. The van der Waals surface area contributed by atoms with Crippen LogP contribution in [0.5, 0.6) is 0 Å². The Hall–Kier alpha value is -2.24. The standard InChI is InChI=1S/C19H17ClN2O2S/c1-13-9-16(22-24-13)12-25-18-8-3-2-7-17(18)19(23)21-11-14-5-4-6-15(20)10-14/h2-10H,11-12H2,1H3,(H,21,23). The topological polar surface area (TPSA) is 55.1 Å². The number of rotatable bonds is 6. The molecule has 25 heavy (non-hydrogen) atoms. The number of aryl methyl sites for hydroxylation is 1. The fourth-order valence-electron chi connectivity index (χ4n) is 2.34. The summed E-state index contributed by atoms with van der Waals surface area (Å²) < 4.78 is 5.07. The minimum atomic E-state index is -0.112. The highest BCUT2D eigenvalue weighted by molar-refractivity contribution is 7.98. The molecule has 1 aromatic heterocycles. The van der Waals surface area contributed by atoms with Crippen LogP contribution in [0, 0.1) is 6.92 Å². The van der Waals surface area contributed by atoms with Gasteiger partial charge in [-0.1, -0.05) is 41.0 Å². The zero-order chi connectivity index (χ0) is 17.6. The summed E-state index contributed by atoms with van der Waals surface area (Å²) in [5, 5.41) is 7.58. The van der Waals surface area contributed by atoms with E-state index in [1.165, 1.54) is 0 Å². The molecule has 0 bridgehead atoms. The van der Waals surface area contributed by atoms with Gasteiger partial charge < -0.3 is 9.84 Å². The molecule has 0 spiro atoms. The molecular formula is C19H17ClN2O2S. The van der Waals surface area contributed by atoms with Crippen LogP contribution >= 0.6 is 23.4 Å². The molecule has 0 radical (unpaired) electrons. The highest BCUT2D eigenvalue weighted by atomic mass is 35.5. The van der Waals surface area contributed by atoms with Gasteiger partial charge in [-0.3, -0.25) is 4.79 Å². The van der Waals surface area contributed by atoms with Crippen molar-refractivity contribution in [2.45, 2.75) is 24.1 Å². The maximum absolute atomic E-state index is 12.5. The van der Waals surface area contributed by atoms with Gasteiger partial charge in [0.2, 0.25) is 0 Å². The van der Waals surface area contributed by atoms with Crippen molar-refractivity contribution in [3.05, 3.63) is 82.2 Å². The Labute approximate surface area is 155 Å². The van der Waals surface area contributed by atoms with Crippen molar-refractivity contribution in [3.63, 3.8) is 0 Å². The van der Waals surface area contributed by atoms with Gasteiger partial charge in [0, 0.05) is 28.3 Å². The third-order valence-electron chi connectivity index (χ3n) is 3.53. The van der Waals surface area contributed by atoms with E-state index in [2.05, 4.69) is 10.5 Å². The molecule has 3 rings (SSSR count). The number of carbonyl (C=O) groups excluding carboxylic acids is 1. The van der Waals surface area contributed by atoms with Crippen molar-refractivity contribution < 1.29 is 9.32 Å². The fourth-order valence-corrected chi connectivity index (χ4v) is 3.49. The first kappa shape index (κ1) is 17.6. The summed E-state index contributed by atoms with van der Waals surface area (Å²) in [7, 11) is 0. The van der Waals surface area contributed by atoms with E-state index < -0.39 is 0 Å².